The van der Waals surface area contributed by atoms with Gasteiger partial charge in [0.15, 0.2) is 28.8 Å². The van der Waals surface area contributed by atoms with E-state index in [9.17, 15) is 4.79 Å². The van der Waals surface area contributed by atoms with Crippen LogP contribution in [-0.2, 0) is 26.1 Å². The Morgan fingerprint density at radius 2 is 1.56 bits per heavy atom. The molecule has 2 heterocycles. The second-order valence-electron chi connectivity index (χ2n) is 9.28. The quantitative estimate of drug-likeness (QED) is 0.271. The van der Waals surface area contributed by atoms with Crippen molar-refractivity contribution in [3.8, 4) is 23.0 Å². The number of nitrogens with zero attached hydrogens (tertiary/aromatic N) is 1. The summed E-state index contributed by atoms with van der Waals surface area (Å²) in [5, 5.41) is 2.94. The van der Waals surface area contributed by atoms with Crippen LogP contribution in [0.5, 0.6) is 23.0 Å². The van der Waals surface area contributed by atoms with E-state index < -0.39 is 0 Å². The minimum atomic E-state index is -0.243. The lowest BCUT2D eigenvalue weighted by Crippen LogP contribution is -2.25. The maximum atomic E-state index is 12.8. The summed E-state index contributed by atoms with van der Waals surface area (Å²) in [6, 6.07) is 25.6. The van der Waals surface area contributed by atoms with Gasteiger partial charge in [-0.3, -0.25) is 9.69 Å². The summed E-state index contributed by atoms with van der Waals surface area (Å²) in [7, 11) is 3.21. The molecule has 1 amide bonds. The highest BCUT2D eigenvalue weighted by atomic mass is 16.7. The molecule has 0 unspecified atom stereocenters. The van der Waals surface area contributed by atoms with Crippen molar-refractivity contribution in [1.82, 2.24) is 10.2 Å². The average molecular weight is 529 g/mol. The molecule has 0 radical (unpaired) electrons. The minimum Gasteiger partial charge on any atom is -0.493 e. The number of hydrogen-bond donors (Lipinski definition) is 1. The zero-order valence-corrected chi connectivity index (χ0v) is 22.1. The second-order valence-corrected chi connectivity index (χ2v) is 9.28. The first-order valence-electron chi connectivity index (χ1n) is 12.8. The SMILES string of the molecule is COc1ccc(CCNC(=O)c2ccc(CN(Cc3ccccc3)Cc3ccc4c(c3)OCO4)o2)cc1OC. The molecule has 0 aliphatic carbocycles. The maximum absolute atomic E-state index is 12.8. The van der Waals surface area contributed by atoms with E-state index in [0.29, 0.717) is 43.3 Å². The van der Waals surface area contributed by atoms with Crippen molar-refractivity contribution in [2.24, 2.45) is 0 Å². The number of ether oxygens (including phenoxy) is 4. The zero-order chi connectivity index (χ0) is 27.0. The van der Waals surface area contributed by atoms with Crippen molar-refractivity contribution in [2.45, 2.75) is 26.1 Å². The molecule has 1 aromatic heterocycles. The third-order valence-corrected chi connectivity index (χ3v) is 6.50. The third-order valence-electron chi connectivity index (χ3n) is 6.50. The Morgan fingerprint density at radius 3 is 2.38 bits per heavy atom. The molecule has 202 valence electrons. The van der Waals surface area contributed by atoms with Gasteiger partial charge >= 0.3 is 0 Å². The van der Waals surface area contributed by atoms with Crippen LogP contribution in [0.4, 0.5) is 0 Å². The Bertz CT molecular complexity index is 1400. The highest BCUT2D eigenvalue weighted by molar-refractivity contribution is 5.91. The van der Waals surface area contributed by atoms with Crippen molar-refractivity contribution < 1.29 is 28.2 Å². The van der Waals surface area contributed by atoms with E-state index in [2.05, 4.69) is 22.3 Å². The van der Waals surface area contributed by atoms with Crippen molar-refractivity contribution in [1.29, 1.82) is 0 Å². The summed E-state index contributed by atoms with van der Waals surface area (Å²) < 4.78 is 27.6. The van der Waals surface area contributed by atoms with E-state index in [-0.39, 0.29) is 12.7 Å². The highest BCUT2D eigenvalue weighted by Crippen LogP contribution is 2.33. The van der Waals surface area contributed by atoms with E-state index in [1.807, 2.05) is 60.7 Å². The van der Waals surface area contributed by atoms with Gasteiger partial charge in [-0.1, -0.05) is 42.5 Å². The Labute approximate surface area is 228 Å². The topological polar surface area (TPSA) is 82.4 Å². The molecule has 3 aromatic carbocycles. The van der Waals surface area contributed by atoms with E-state index in [0.717, 1.165) is 34.9 Å². The predicted octanol–water partition coefficient (Wildman–Crippen LogP) is 5.20. The number of nitrogens with one attached hydrogen (secondary N) is 1. The van der Waals surface area contributed by atoms with E-state index >= 15 is 0 Å². The van der Waals surface area contributed by atoms with Gasteiger partial charge in [0.25, 0.3) is 5.91 Å². The number of benzene rings is 3. The van der Waals surface area contributed by atoms with Crippen LogP contribution in [-0.4, -0.2) is 38.4 Å². The number of carbonyl (C=O) groups is 1. The highest BCUT2D eigenvalue weighted by Gasteiger charge is 2.17. The monoisotopic (exact) mass is 528 g/mol. The van der Waals surface area contributed by atoms with Gasteiger partial charge in [0.05, 0.1) is 20.8 Å². The van der Waals surface area contributed by atoms with Gasteiger partial charge in [-0.25, -0.2) is 0 Å². The summed E-state index contributed by atoms with van der Waals surface area (Å²) >= 11 is 0. The predicted molar refractivity (Wildman–Crippen MR) is 146 cm³/mol. The molecule has 39 heavy (non-hydrogen) atoms. The number of amides is 1. The lowest BCUT2D eigenvalue weighted by Gasteiger charge is -2.21. The molecular weight excluding hydrogens is 496 g/mol. The number of carbonyl (C=O) groups excluding carboxylic acids is 1. The number of methoxy groups -OCH3 is 2. The number of hydrogen-bond acceptors (Lipinski definition) is 7. The summed E-state index contributed by atoms with van der Waals surface area (Å²) in [6.45, 7) is 2.66. The Balaban J connectivity index is 1.20. The van der Waals surface area contributed by atoms with Crippen LogP contribution < -0.4 is 24.3 Å². The largest absolute Gasteiger partial charge is 0.493 e. The van der Waals surface area contributed by atoms with Crippen LogP contribution >= 0.6 is 0 Å². The molecule has 1 aliphatic heterocycles. The van der Waals surface area contributed by atoms with Gasteiger partial charge in [0.1, 0.15) is 5.76 Å². The summed E-state index contributed by atoms with van der Waals surface area (Å²) in [4.78, 5) is 15.0. The number of fused-ring (bicyclic) bond motifs is 1. The molecule has 1 N–H and O–H groups in total. The van der Waals surface area contributed by atoms with Gasteiger partial charge in [0, 0.05) is 19.6 Å². The van der Waals surface area contributed by atoms with E-state index in [1.54, 1.807) is 20.3 Å². The molecule has 5 rings (SSSR count). The lowest BCUT2D eigenvalue weighted by atomic mass is 10.1. The fourth-order valence-electron chi connectivity index (χ4n) is 4.56. The molecule has 0 spiro atoms. The van der Waals surface area contributed by atoms with E-state index in [1.165, 1.54) is 5.56 Å². The van der Waals surface area contributed by atoms with Gasteiger partial charge in [-0.2, -0.15) is 0 Å². The first-order chi connectivity index (χ1) is 19.1. The molecule has 0 bridgehead atoms. The average Bonchev–Trinajstić information content (AvgIpc) is 3.63. The Kier molecular flexibility index (Phi) is 8.33. The molecule has 8 nitrogen and oxygen atoms in total. The van der Waals surface area contributed by atoms with Gasteiger partial charge in [-0.05, 0) is 59.5 Å². The second kappa shape index (κ2) is 12.4. The first kappa shape index (κ1) is 26.2. The van der Waals surface area contributed by atoms with E-state index in [4.69, 9.17) is 23.4 Å². The molecule has 1 aliphatic rings. The molecule has 0 saturated carbocycles. The molecule has 4 aromatic rings. The van der Waals surface area contributed by atoms with Crippen molar-refractivity contribution in [3.63, 3.8) is 0 Å². The van der Waals surface area contributed by atoms with Crippen LogP contribution in [0.25, 0.3) is 0 Å². The van der Waals surface area contributed by atoms with Crippen molar-refractivity contribution >= 4 is 5.91 Å². The summed E-state index contributed by atoms with van der Waals surface area (Å²) in [6.07, 6.45) is 0.653. The Morgan fingerprint density at radius 1 is 0.795 bits per heavy atom. The molecule has 0 saturated heterocycles. The number of furan rings is 1. The Hall–Kier alpha value is -4.43. The molecular formula is C31H32N2O6. The fraction of sp³-hybridized carbons (Fsp3) is 0.258. The summed E-state index contributed by atoms with van der Waals surface area (Å²) in [5.41, 5.74) is 3.33. The maximum Gasteiger partial charge on any atom is 0.287 e. The molecule has 8 heteroatoms. The van der Waals surface area contributed by atoms with Crippen LogP contribution in [0.1, 0.15) is 33.0 Å². The number of rotatable bonds is 12. The smallest absolute Gasteiger partial charge is 0.287 e. The van der Waals surface area contributed by atoms with Crippen LogP contribution in [0.2, 0.25) is 0 Å². The summed E-state index contributed by atoms with van der Waals surface area (Å²) in [5.74, 6) is 3.63. The fourth-order valence-corrected chi connectivity index (χ4v) is 4.56. The van der Waals surface area contributed by atoms with Crippen molar-refractivity contribution in [2.75, 3.05) is 27.6 Å². The van der Waals surface area contributed by atoms with Crippen LogP contribution in [0.3, 0.4) is 0 Å². The minimum absolute atomic E-state index is 0.243. The van der Waals surface area contributed by atoms with Gasteiger partial charge < -0.3 is 28.7 Å². The third kappa shape index (κ3) is 6.72. The standard InChI is InChI=1S/C31H32N2O6/c1-35-26-11-8-22(16-29(26)36-2)14-15-32-31(34)28-13-10-25(39-28)20-33(18-23-6-4-3-5-7-23)19-24-9-12-27-30(17-24)38-21-37-27/h3-13,16-17H,14-15,18-21H2,1-2H3,(H,32,34). The van der Waals surface area contributed by atoms with Gasteiger partial charge in [-0.15, -0.1) is 0 Å². The van der Waals surface area contributed by atoms with Crippen LogP contribution in [0, 0.1) is 0 Å². The van der Waals surface area contributed by atoms with Gasteiger partial charge in [0.2, 0.25) is 6.79 Å². The molecule has 0 fully saturated rings. The first-order valence-corrected chi connectivity index (χ1v) is 12.8. The molecule has 0 atom stereocenters. The van der Waals surface area contributed by atoms with Crippen molar-refractivity contribution in [3.05, 3.63) is 107 Å². The van der Waals surface area contributed by atoms with Crippen LogP contribution in [0.15, 0.2) is 83.3 Å². The normalized spacial score (nSPS) is 12.0. The lowest BCUT2D eigenvalue weighted by molar-refractivity contribution is 0.0922. The zero-order valence-electron chi connectivity index (χ0n) is 22.1.